The molecule has 14 heteroatoms. The molecule has 66 heavy (non-hydrogen) atoms. The minimum absolute atomic E-state index is 0.0650. The van der Waals surface area contributed by atoms with Crippen LogP contribution in [-0.2, 0) is 46.6 Å². The Morgan fingerprint density at radius 3 is 1.36 bits per heavy atom. The van der Waals surface area contributed by atoms with Gasteiger partial charge in [-0.3, -0.25) is 24.4 Å². The van der Waals surface area contributed by atoms with Gasteiger partial charge < -0.3 is 29.9 Å². The van der Waals surface area contributed by atoms with E-state index in [9.17, 15) is 19.2 Å². The smallest absolute Gasteiger partial charge is 0.407 e. The molecule has 0 saturated heterocycles. The van der Waals surface area contributed by atoms with Crippen LogP contribution in [0.2, 0.25) is 0 Å². The van der Waals surface area contributed by atoms with E-state index in [1.165, 1.54) is 135 Å². The average molecular weight is 956 g/mol. The highest BCUT2D eigenvalue weighted by Gasteiger charge is 2.12. The van der Waals surface area contributed by atoms with E-state index in [1.54, 1.807) is 0 Å². The molecule has 0 unspecified atom stereocenters. The molecule has 0 saturated carbocycles. The number of ether oxygens (including phenoxy) is 2. The number of unbranched alkanes of at least 4 members (excludes halogenated alkanes) is 22. The normalized spacial score (nSPS) is 11.0. The van der Waals surface area contributed by atoms with Crippen molar-refractivity contribution in [2.45, 2.75) is 213 Å². The highest BCUT2D eigenvalue weighted by Crippen LogP contribution is 2.16. The summed E-state index contributed by atoms with van der Waals surface area (Å²) in [5, 5.41) is 11.4. The first-order chi connectivity index (χ1) is 32.2. The Hall–Kier alpha value is -3.88. The minimum Gasteiger partial charge on any atom is -0.464 e. The third kappa shape index (κ3) is 29.0. The van der Waals surface area contributed by atoms with Crippen LogP contribution in [0.5, 0.6) is 0 Å². The van der Waals surface area contributed by atoms with Gasteiger partial charge in [0, 0.05) is 29.1 Å². The topological polar surface area (TPSA) is 182 Å². The Bertz CT molecular complexity index is 1950. The van der Waals surface area contributed by atoms with Crippen molar-refractivity contribution in [3.63, 3.8) is 0 Å². The van der Waals surface area contributed by atoms with Crippen molar-refractivity contribution < 1.29 is 24.2 Å². The number of aromatic nitrogens is 4. The van der Waals surface area contributed by atoms with Crippen LogP contribution in [0, 0.1) is 9.54 Å². The van der Waals surface area contributed by atoms with E-state index < -0.39 is 12.1 Å². The van der Waals surface area contributed by atoms with Crippen LogP contribution in [0.25, 0.3) is 0 Å². The zero-order chi connectivity index (χ0) is 47.9. The third-order valence-corrected chi connectivity index (χ3v) is 12.2. The Kier molecular flexibility index (Phi) is 34.5. The number of alkyl carbamates (subject to hydrolysis) is 1. The lowest BCUT2D eigenvalue weighted by Gasteiger charge is -2.10. The lowest BCUT2D eigenvalue weighted by Crippen LogP contribution is -2.31. The number of esters is 1. The number of rotatable bonds is 37. The first-order valence-electron chi connectivity index (χ1n) is 25.6. The summed E-state index contributed by atoms with van der Waals surface area (Å²) in [4.78, 5) is 60.0. The van der Waals surface area contributed by atoms with Gasteiger partial charge in [0.25, 0.3) is 11.1 Å². The molecular formula is C52H85N5O7S2. The summed E-state index contributed by atoms with van der Waals surface area (Å²) >= 11 is 10.2. The van der Waals surface area contributed by atoms with Gasteiger partial charge in [-0.25, -0.2) is 4.79 Å². The molecule has 3 aromatic rings. The van der Waals surface area contributed by atoms with Crippen molar-refractivity contribution in [3.8, 4) is 0 Å². The van der Waals surface area contributed by atoms with Crippen LogP contribution in [0.1, 0.15) is 209 Å². The molecule has 372 valence electrons. The Morgan fingerprint density at radius 2 is 0.939 bits per heavy atom. The van der Waals surface area contributed by atoms with Gasteiger partial charge in [-0.15, -0.1) is 0 Å². The number of aliphatic hydroxyl groups is 1. The quantitative estimate of drug-likeness (QED) is 0.0186. The molecule has 0 fully saturated rings. The maximum absolute atomic E-state index is 12.5. The molecule has 0 bridgehead atoms. The zero-order valence-electron chi connectivity index (χ0n) is 40.6. The van der Waals surface area contributed by atoms with E-state index in [0.717, 1.165) is 53.8 Å². The van der Waals surface area contributed by atoms with Gasteiger partial charge in [0.15, 0.2) is 9.54 Å². The molecule has 3 rings (SSSR count). The number of aliphatic hydroxyl groups excluding tert-OH is 1. The number of carbonyl (C=O) groups is 2. The summed E-state index contributed by atoms with van der Waals surface area (Å²) in [6.07, 6.45) is 34.2. The van der Waals surface area contributed by atoms with Gasteiger partial charge in [-0.1, -0.05) is 185 Å². The number of nitrogens with one attached hydrogen (secondary N) is 5. The largest absolute Gasteiger partial charge is 0.464 e. The Morgan fingerprint density at radius 1 is 0.530 bits per heavy atom. The van der Waals surface area contributed by atoms with E-state index in [-0.39, 0.29) is 37.5 Å². The molecule has 2 heterocycles. The second-order valence-electron chi connectivity index (χ2n) is 17.6. The van der Waals surface area contributed by atoms with E-state index in [1.807, 2.05) is 30.3 Å². The number of carbonyl (C=O) groups excluding carboxylic acids is 2. The zero-order valence-corrected chi connectivity index (χ0v) is 42.3. The lowest BCUT2D eigenvalue weighted by atomic mass is 10.0. The highest BCUT2D eigenvalue weighted by molar-refractivity contribution is 7.71. The van der Waals surface area contributed by atoms with Crippen molar-refractivity contribution in [2.75, 3.05) is 19.8 Å². The van der Waals surface area contributed by atoms with Gasteiger partial charge in [-0.05, 0) is 81.4 Å². The van der Waals surface area contributed by atoms with Gasteiger partial charge in [0.2, 0.25) is 0 Å². The van der Waals surface area contributed by atoms with Crippen molar-refractivity contribution >= 4 is 36.5 Å². The molecule has 12 nitrogen and oxygen atoms in total. The SMILES string of the molecule is CCCCCCCCCCCCCCc1c(CCCO)[nH]c(=S)[nH]c1=O.CCCCCCCCCCCCCCc1c(CCCOC(=O)CNC(=O)OCc2ccccc2)[nH]c(=S)[nH]c1=O. The van der Waals surface area contributed by atoms with E-state index in [2.05, 4.69) is 39.1 Å². The molecule has 6 N–H and O–H groups in total. The first kappa shape index (κ1) is 58.2. The maximum atomic E-state index is 12.5. The van der Waals surface area contributed by atoms with Crippen molar-refractivity contribution in [1.29, 1.82) is 0 Å². The average Bonchev–Trinajstić information content (AvgIpc) is 3.30. The molecule has 0 radical (unpaired) electrons. The van der Waals surface area contributed by atoms with Crippen molar-refractivity contribution in [1.82, 2.24) is 25.3 Å². The number of H-pyrrole nitrogens is 4. The maximum Gasteiger partial charge on any atom is 0.407 e. The number of hydrogen-bond donors (Lipinski definition) is 6. The van der Waals surface area contributed by atoms with E-state index >= 15 is 0 Å². The number of benzene rings is 1. The monoisotopic (exact) mass is 956 g/mol. The second-order valence-corrected chi connectivity index (χ2v) is 18.4. The number of aryl methyl sites for hydroxylation is 2. The van der Waals surface area contributed by atoms with Crippen LogP contribution >= 0.6 is 24.4 Å². The predicted octanol–water partition coefficient (Wildman–Crippen LogP) is 12.7. The van der Waals surface area contributed by atoms with Crippen LogP contribution in [0.3, 0.4) is 0 Å². The molecule has 1 amide bonds. The van der Waals surface area contributed by atoms with Gasteiger partial charge in [0.05, 0.1) is 6.61 Å². The van der Waals surface area contributed by atoms with Gasteiger partial charge in [-0.2, -0.15) is 0 Å². The molecular weight excluding hydrogens is 871 g/mol. The summed E-state index contributed by atoms with van der Waals surface area (Å²) in [7, 11) is 0. The summed E-state index contributed by atoms with van der Waals surface area (Å²) < 4.78 is 11.0. The molecule has 1 aromatic carbocycles. The fourth-order valence-corrected chi connectivity index (χ4v) is 8.45. The summed E-state index contributed by atoms with van der Waals surface area (Å²) in [5.74, 6) is -0.549. The fraction of sp³-hybridized carbons (Fsp3) is 0.692. The second kappa shape index (κ2) is 39.1. The Balaban J connectivity index is 0.000000497. The van der Waals surface area contributed by atoms with Gasteiger partial charge in [0.1, 0.15) is 13.2 Å². The minimum atomic E-state index is -0.681. The molecule has 0 spiro atoms. The van der Waals surface area contributed by atoms with Crippen molar-refractivity contribution in [3.05, 3.63) is 88.7 Å². The first-order valence-corrected chi connectivity index (χ1v) is 26.4. The lowest BCUT2D eigenvalue weighted by molar-refractivity contribution is -0.142. The molecule has 2 aromatic heterocycles. The van der Waals surface area contributed by atoms with E-state index in [4.69, 9.17) is 39.0 Å². The van der Waals surface area contributed by atoms with Crippen LogP contribution in [0.4, 0.5) is 4.79 Å². The molecule has 0 aliphatic carbocycles. The standard InChI is InChI=1S/C31H47N3O5S.C21H38N2O2S/c1-2-3-4-5-6-7-8-9-10-11-12-16-20-26-27(33-30(40)34-29(26)36)21-17-22-38-28(35)23-32-31(37)39-24-25-18-14-13-15-19-25;1-2-3-4-5-6-7-8-9-10-11-12-13-15-18-19(16-14-17-24)22-21(26)23-20(18)25/h13-15,18-19H,2-12,16-17,20-24H2,1H3,(H,32,37)(H2,33,34,36,40);24H,2-17H2,1H3,(H2,22,23,25,26). The predicted molar refractivity (Wildman–Crippen MR) is 273 cm³/mol. The molecule has 0 aliphatic heterocycles. The molecule has 0 atom stereocenters. The number of aromatic amines is 4. The number of hydrogen-bond acceptors (Lipinski definition) is 9. The van der Waals surface area contributed by atoms with Crippen LogP contribution in [-0.4, -0.2) is 56.9 Å². The summed E-state index contributed by atoms with van der Waals surface area (Å²) in [6.45, 7) is 4.67. The summed E-state index contributed by atoms with van der Waals surface area (Å²) in [5.41, 5.74) is 3.90. The van der Waals surface area contributed by atoms with Crippen molar-refractivity contribution in [2.24, 2.45) is 0 Å². The summed E-state index contributed by atoms with van der Waals surface area (Å²) in [6, 6.07) is 9.28. The van der Waals surface area contributed by atoms with Crippen LogP contribution < -0.4 is 16.4 Å². The van der Waals surface area contributed by atoms with E-state index in [0.29, 0.717) is 41.6 Å². The highest BCUT2D eigenvalue weighted by atomic mass is 32.1. The Labute approximate surface area is 405 Å². The van der Waals surface area contributed by atoms with Crippen LogP contribution in [0.15, 0.2) is 39.9 Å². The fourth-order valence-electron chi connectivity index (χ4n) is 8.02. The molecule has 0 aliphatic rings. The number of amides is 1. The third-order valence-electron chi connectivity index (χ3n) is 11.8. The van der Waals surface area contributed by atoms with Gasteiger partial charge >= 0.3 is 12.1 Å².